The van der Waals surface area contributed by atoms with Crippen LogP contribution in [0.15, 0.2) is 29.3 Å². The number of benzene rings is 1. The number of ether oxygens (including phenoxy) is 3. The first-order chi connectivity index (χ1) is 14.1. The van der Waals surface area contributed by atoms with E-state index < -0.39 is 0 Å². The van der Waals surface area contributed by atoms with Gasteiger partial charge in [0, 0.05) is 26.2 Å². The van der Waals surface area contributed by atoms with Gasteiger partial charge in [0.1, 0.15) is 11.9 Å². The highest BCUT2D eigenvalue weighted by atomic mass is 127. The second kappa shape index (κ2) is 12.7. The van der Waals surface area contributed by atoms with Crippen molar-refractivity contribution in [1.29, 1.82) is 0 Å². The zero-order valence-electron chi connectivity index (χ0n) is 18.7. The second-order valence-electron chi connectivity index (χ2n) is 7.86. The Morgan fingerprint density at radius 3 is 2.77 bits per heavy atom. The Morgan fingerprint density at radius 2 is 2.10 bits per heavy atom. The maximum atomic E-state index is 6.01. The molecule has 30 heavy (non-hydrogen) atoms. The van der Waals surface area contributed by atoms with Crippen LogP contribution in [0.2, 0.25) is 0 Å². The predicted octanol–water partition coefficient (Wildman–Crippen LogP) is 2.76. The zero-order valence-corrected chi connectivity index (χ0v) is 21.0. The summed E-state index contributed by atoms with van der Waals surface area (Å²) < 4.78 is 17.3. The number of methoxy groups -OCH3 is 1. The molecule has 8 heteroatoms. The summed E-state index contributed by atoms with van der Waals surface area (Å²) in [4.78, 5) is 9.53. The quantitative estimate of drug-likeness (QED) is 0.331. The van der Waals surface area contributed by atoms with Crippen LogP contribution in [0.25, 0.3) is 0 Å². The number of rotatable bonds is 7. The van der Waals surface area contributed by atoms with E-state index >= 15 is 0 Å². The Hall–Kier alpha value is -1.10. The average Bonchev–Trinajstić information content (AvgIpc) is 3.28. The monoisotopic (exact) mass is 532 g/mol. The van der Waals surface area contributed by atoms with Gasteiger partial charge >= 0.3 is 0 Å². The average molecular weight is 532 g/mol. The van der Waals surface area contributed by atoms with Crippen molar-refractivity contribution in [2.45, 2.75) is 38.0 Å². The van der Waals surface area contributed by atoms with Crippen LogP contribution in [-0.2, 0) is 9.47 Å². The number of likely N-dealkylation sites (N-methyl/N-ethyl adjacent to an activating group) is 1. The van der Waals surface area contributed by atoms with Crippen LogP contribution in [0.3, 0.4) is 0 Å². The fourth-order valence-electron chi connectivity index (χ4n) is 4.00. The Kier molecular flexibility index (Phi) is 10.6. The Morgan fingerprint density at radius 1 is 1.30 bits per heavy atom. The number of nitrogens with one attached hydrogen (secondary N) is 1. The summed E-state index contributed by atoms with van der Waals surface area (Å²) in [5.41, 5.74) is 1.20. The fraction of sp³-hybridized carbons (Fsp3) is 0.682. The standard InChI is InChI=1S/C22H36N4O3.HI/c1-5-23-22(26-11-13-29-21(16-26)20-10-7-12-28-20)24-15-19(25(2)3)17-8-6-9-18(14-17)27-4;/h6,8-9,14,19-21H,5,7,10-13,15-16H2,1-4H3,(H,23,24);1H. The molecule has 2 fully saturated rings. The van der Waals surface area contributed by atoms with Gasteiger partial charge in [-0.1, -0.05) is 12.1 Å². The number of morpholine rings is 1. The molecule has 0 bridgehead atoms. The van der Waals surface area contributed by atoms with Crippen LogP contribution in [0.1, 0.15) is 31.4 Å². The summed E-state index contributed by atoms with van der Waals surface area (Å²) in [6, 6.07) is 8.41. The minimum Gasteiger partial charge on any atom is -0.497 e. The highest BCUT2D eigenvalue weighted by Gasteiger charge is 2.32. The summed E-state index contributed by atoms with van der Waals surface area (Å²) in [5.74, 6) is 1.83. The number of aliphatic imine (C=N–C) groups is 1. The maximum Gasteiger partial charge on any atom is 0.194 e. The summed E-state index contributed by atoms with van der Waals surface area (Å²) in [6.07, 6.45) is 2.55. The van der Waals surface area contributed by atoms with E-state index in [-0.39, 0.29) is 42.2 Å². The lowest BCUT2D eigenvalue weighted by Crippen LogP contribution is -2.53. The van der Waals surface area contributed by atoms with Crippen LogP contribution < -0.4 is 10.1 Å². The molecule has 3 atom stereocenters. The molecule has 0 aliphatic carbocycles. The van der Waals surface area contributed by atoms with Crippen LogP contribution in [0.4, 0.5) is 0 Å². The van der Waals surface area contributed by atoms with Crippen molar-refractivity contribution < 1.29 is 14.2 Å². The summed E-state index contributed by atoms with van der Waals surface area (Å²) in [6.45, 7) is 6.85. The summed E-state index contributed by atoms with van der Waals surface area (Å²) in [5, 5.41) is 3.47. The molecule has 0 spiro atoms. The molecule has 2 aliphatic heterocycles. The Bertz CT molecular complexity index is 668. The van der Waals surface area contributed by atoms with E-state index in [2.05, 4.69) is 48.3 Å². The van der Waals surface area contributed by atoms with E-state index in [0.717, 1.165) is 50.8 Å². The molecule has 1 aromatic rings. The molecular formula is C22H37IN4O3. The molecule has 2 heterocycles. The van der Waals surface area contributed by atoms with Crippen molar-refractivity contribution in [1.82, 2.24) is 15.1 Å². The lowest BCUT2D eigenvalue weighted by atomic mass is 10.1. The smallest absolute Gasteiger partial charge is 0.194 e. The number of hydrogen-bond donors (Lipinski definition) is 1. The van der Waals surface area contributed by atoms with Gasteiger partial charge in [0.2, 0.25) is 0 Å². The molecule has 0 saturated carbocycles. The van der Waals surface area contributed by atoms with E-state index in [1.54, 1.807) is 7.11 Å². The molecule has 1 aromatic carbocycles. The normalized spacial score (nSPS) is 23.2. The lowest BCUT2D eigenvalue weighted by Gasteiger charge is -2.37. The molecule has 3 unspecified atom stereocenters. The predicted molar refractivity (Wildman–Crippen MR) is 131 cm³/mol. The molecule has 1 N–H and O–H groups in total. The Balaban J connectivity index is 0.00000320. The SMILES string of the molecule is CCNC(=NCC(c1cccc(OC)c1)N(C)C)N1CCOC(C2CCCO2)C1.I. The van der Waals surface area contributed by atoms with Crippen molar-refractivity contribution in [3.63, 3.8) is 0 Å². The van der Waals surface area contributed by atoms with Crippen LogP contribution in [-0.4, -0.2) is 88.6 Å². The van der Waals surface area contributed by atoms with Gasteiger partial charge in [-0.3, -0.25) is 4.99 Å². The lowest BCUT2D eigenvalue weighted by molar-refractivity contribution is -0.0817. The summed E-state index contributed by atoms with van der Waals surface area (Å²) in [7, 11) is 5.89. The molecule has 0 radical (unpaired) electrons. The first-order valence-electron chi connectivity index (χ1n) is 10.7. The van der Waals surface area contributed by atoms with Crippen molar-refractivity contribution in [3.8, 4) is 5.75 Å². The first kappa shape index (κ1) is 25.2. The number of hydrogen-bond acceptors (Lipinski definition) is 5. The molecule has 0 aromatic heterocycles. The highest BCUT2D eigenvalue weighted by molar-refractivity contribution is 14.0. The van der Waals surface area contributed by atoms with Gasteiger partial charge in [-0.2, -0.15) is 0 Å². The van der Waals surface area contributed by atoms with E-state index in [9.17, 15) is 0 Å². The second-order valence-corrected chi connectivity index (χ2v) is 7.86. The largest absolute Gasteiger partial charge is 0.497 e. The van der Waals surface area contributed by atoms with Crippen LogP contribution >= 0.6 is 24.0 Å². The minimum absolute atomic E-state index is 0. The molecule has 3 rings (SSSR count). The fourth-order valence-corrected chi connectivity index (χ4v) is 4.00. The van der Waals surface area contributed by atoms with Gasteiger partial charge in [0.15, 0.2) is 5.96 Å². The van der Waals surface area contributed by atoms with Crippen molar-refractivity contribution in [2.75, 3.05) is 60.6 Å². The topological polar surface area (TPSA) is 58.6 Å². The molecule has 7 nitrogen and oxygen atoms in total. The number of nitrogens with zero attached hydrogens (tertiary/aromatic N) is 3. The van der Waals surface area contributed by atoms with Gasteiger partial charge in [-0.15, -0.1) is 24.0 Å². The van der Waals surface area contributed by atoms with E-state index in [4.69, 9.17) is 19.2 Å². The van der Waals surface area contributed by atoms with Gasteiger partial charge in [-0.25, -0.2) is 0 Å². The van der Waals surface area contributed by atoms with Crippen LogP contribution in [0, 0.1) is 0 Å². The number of halogens is 1. The van der Waals surface area contributed by atoms with E-state index in [0.29, 0.717) is 13.2 Å². The third-order valence-corrected chi connectivity index (χ3v) is 5.62. The van der Waals surface area contributed by atoms with E-state index in [1.807, 2.05) is 12.1 Å². The molecule has 2 aliphatic rings. The molecular weight excluding hydrogens is 495 g/mol. The molecule has 0 amide bonds. The van der Waals surface area contributed by atoms with Gasteiger partial charge < -0.3 is 29.3 Å². The third kappa shape index (κ3) is 6.70. The number of guanidine groups is 1. The molecule has 170 valence electrons. The minimum atomic E-state index is 0. The molecule has 2 saturated heterocycles. The van der Waals surface area contributed by atoms with Crippen molar-refractivity contribution in [2.24, 2.45) is 4.99 Å². The zero-order chi connectivity index (χ0) is 20.6. The van der Waals surface area contributed by atoms with Gasteiger partial charge in [0.05, 0.1) is 32.4 Å². The van der Waals surface area contributed by atoms with E-state index in [1.165, 1.54) is 5.56 Å². The maximum absolute atomic E-state index is 6.01. The Labute approximate surface area is 198 Å². The van der Waals surface area contributed by atoms with Gasteiger partial charge in [-0.05, 0) is 51.6 Å². The highest BCUT2D eigenvalue weighted by Crippen LogP contribution is 2.24. The van der Waals surface area contributed by atoms with Crippen molar-refractivity contribution in [3.05, 3.63) is 29.8 Å². The third-order valence-electron chi connectivity index (χ3n) is 5.62. The van der Waals surface area contributed by atoms with Crippen molar-refractivity contribution >= 4 is 29.9 Å². The first-order valence-corrected chi connectivity index (χ1v) is 10.7. The van der Waals surface area contributed by atoms with Crippen LogP contribution in [0.5, 0.6) is 5.75 Å². The summed E-state index contributed by atoms with van der Waals surface area (Å²) >= 11 is 0. The van der Waals surface area contributed by atoms with Gasteiger partial charge in [0.25, 0.3) is 0 Å².